The second kappa shape index (κ2) is 5.24. The zero-order chi connectivity index (χ0) is 12.4. The molecule has 3 rings (SSSR count). The van der Waals surface area contributed by atoms with Crippen LogP contribution < -0.4 is 10.1 Å². The van der Waals surface area contributed by atoms with Gasteiger partial charge in [0.1, 0.15) is 17.4 Å². The number of aromatic nitrogens is 1. The predicted molar refractivity (Wildman–Crippen MR) is 75.5 cm³/mol. The Kier molecular flexibility index (Phi) is 3.48. The van der Waals surface area contributed by atoms with Crippen molar-refractivity contribution in [3.63, 3.8) is 0 Å². The highest BCUT2D eigenvalue weighted by molar-refractivity contribution is 7.18. The first-order valence-electron chi connectivity index (χ1n) is 6.62. The molecule has 0 spiro atoms. The van der Waals surface area contributed by atoms with Crippen molar-refractivity contribution < 1.29 is 4.74 Å². The first-order valence-corrected chi connectivity index (χ1v) is 7.44. The van der Waals surface area contributed by atoms with E-state index in [-0.39, 0.29) is 0 Å². The lowest BCUT2D eigenvalue weighted by Gasteiger charge is -2.23. The second-order valence-electron chi connectivity index (χ2n) is 4.63. The zero-order valence-corrected chi connectivity index (χ0v) is 11.4. The molecule has 1 aliphatic heterocycles. The van der Waals surface area contributed by atoms with Crippen LogP contribution in [0.25, 0.3) is 10.2 Å². The van der Waals surface area contributed by atoms with Gasteiger partial charge in [0, 0.05) is 0 Å². The molecule has 0 radical (unpaired) electrons. The Balaban J connectivity index is 1.88. The molecule has 2 heterocycles. The smallest absolute Gasteiger partial charge is 0.146 e. The minimum absolute atomic E-state index is 0.337. The van der Waals surface area contributed by atoms with Crippen molar-refractivity contribution in [3.05, 3.63) is 23.2 Å². The van der Waals surface area contributed by atoms with Crippen LogP contribution in [0, 0.1) is 0 Å². The molecular formula is C14H18N2OS. The summed E-state index contributed by atoms with van der Waals surface area (Å²) < 4.78 is 7.37. The van der Waals surface area contributed by atoms with Crippen molar-refractivity contribution in [2.24, 2.45) is 0 Å². The lowest BCUT2D eigenvalue weighted by Crippen LogP contribution is -2.34. The topological polar surface area (TPSA) is 34.1 Å². The van der Waals surface area contributed by atoms with Gasteiger partial charge in [-0.1, -0.05) is 13.0 Å². The van der Waals surface area contributed by atoms with E-state index in [9.17, 15) is 0 Å². The normalized spacial score (nSPS) is 17.2. The number of rotatable bonds is 3. The van der Waals surface area contributed by atoms with Gasteiger partial charge in [-0.05, 0) is 44.5 Å². The molecule has 4 heteroatoms. The van der Waals surface area contributed by atoms with Gasteiger partial charge in [0.2, 0.25) is 0 Å². The van der Waals surface area contributed by atoms with Gasteiger partial charge in [0.15, 0.2) is 0 Å². The molecule has 18 heavy (non-hydrogen) atoms. The van der Waals surface area contributed by atoms with Crippen molar-refractivity contribution in [2.45, 2.75) is 32.3 Å². The van der Waals surface area contributed by atoms with E-state index in [1.165, 1.54) is 9.71 Å². The Labute approximate surface area is 111 Å². The van der Waals surface area contributed by atoms with E-state index < -0.39 is 0 Å². The minimum Gasteiger partial charge on any atom is -0.488 e. The largest absolute Gasteiger partial charge is 0.488 e. The molecule has 0 unspecified atom stereocenters. The molecule has 0 atom stereocenters. The molecule has 0 saturated carbocycles. The van der Waals surface area contributed by atoms with Crippen LogP contribution in [0.15, 0.2) is 18.2 Å². The summed E-state index contributed by atoms with van der Waals surface area (Å²) in [4.78, 5) is 4.67. The third-order valence-electron chi connectivity index (χ3n) is 3.31. The fourth-order valence-corrected chi connectivity index (χ4v) is 3.23. The number of hydrogen-bond donors (Lipinski definition) is 1. The van der Waals surface area contributed by atoms with Crippen LogP contribution in [-0.2, 0) is 6.42 Å². The fraction of sp³-hybridized carbons (Fsp3) is 0.500. The summed E-state index contributed by atoms with van der Waals surface area (Å²) in [6.45, 7) is 4.25. The number of para-hydroxylation sites is 1. The third-order valence-corrected chi connectivity index (χ3v) is 4.47. The van der Waals surface area contributed by atoms with E-state index in [1.807, 2.05) is 6.07 Å². The molecule has 0 aliphatic carbocycles. The van der Waals surface area contributed by atoms with Crippen LogP contribution in [0.1, 0.15) is 24.8 Å². The average Bonchev–Trinajstić information content (AvgIpc) is 2.84. The van der Waals surface area contributed by atoms with Crippen molar-refractivity contribution in [2.75, 3.05) is 13.1 Å². The number of nitrogens with zero attached hydrogens (tertiary/aromatic N) is 1. The molecule has 1 aromatic carbocycles. The minimum atomic E-state index is 0.337. The van der Waals surface area contributed by atoms with E-state index in [2.05, 4.69) is 29.4 Å². The number of ether oxygens (including phenoxy) is 1. The van der Waals surface area contributed by atoms with Gasteiger partial charge in [-0.2, -0.15) is 0 Å². The Bertz CT molecular complexity index is 532. The molecular weight excluding hydrogens is 244 g/mol. The Morgan fingerprint density at radius 2 is 2.22 bits per heavy atom. The highest BCUT2D eigenvalue weighted by Gasteiger charge is 2.16. The summed E-state index contributed by atoms with van der Waals surface area (Å²) in [6, 6.07) is 6.24. The summed E-state index contributed by atoms with van der Waals surface area (Å²) >= 11 is 1.77. The number of piperidine rings is 1. The molecule has 2 aromatic rings. The highest BCUT2D eigenvalue weighted by Crippen LogP contribution is 2.31. The Morgan fingerprint density at radius 3 is 3.00 bits per heavy atom. The summed E-state index contributed by atoms with van der Waals surface area (Å²) in [7, 11) is 0. The van der Waals surface area contributed by atoms with Crippen LogP contribution in [0.2, 0.25) is 0 Å². The maximum atomic E-state index is 6.13. The standard InChI is InChI=1S/C14H18N2OS/c1-2-13-16-14-11(4-3-5-12(14)18-13)17-10-6-8-15-9-7-10/h3-5,10,15H,2,6-9H2,1H3. The maximum absolute atomic E-state index is 6.13. The van der Waals surface area contributed by atoms with Crippen molar-refractivity contribution in [1.29, 1.82) is 0 Å². The van der Waals surface area contributed by atoms with E-state index in [1.54, 1.807) is 11.3 Å². The van der Waals surface area contributed by atoms with E-state index in [0.29, 0.717) is 6.10 Å². The number of nitrogens with one attached hydrogen (secondary N) is 1. The molecule has 1 aromatic heterocycles. The lowest BCUT2D eigenvalue weighted by molar-refractivity contribution is 0.164. The summed E-state index contributed by atoms with van der Waals surface area (Å²) in [6.07, 6.45) is 3.50. The average molecular weight is 262 g/mol. The SMILES string of the molecule is CCc1nc2c(OC3CCNCC3)cccc2s1. The van der Waals surface area contributed by atoms with E-state index in [4.69, 9.17) is 4.74 Å². The molecule has 96 valence electrons. The van der Waals surface area contributed by atoms with Gasteiger partial charge < -0.3 is 10.1 Å². The van der Waals surface area contributed by atoms with Gasteiger partial charge in [-0.3, -0.25) is 0 Å². The first-order chi connectivity index (χ1) is 8.86. The quantitative estimate of drug-likeness (QED) is 0.923. The van der Waals surface area contributed by atoms with Gasteiger partial charge in [-0.15, -0.1) is 11.3 Å². The van der Waals surface area contributed by atoms with Crippen molar-refractivity contribution in [1.82, 2.24) is 10.3 Å². The monoisotopic (exact) mass is 262 g/mol. The molecule has 3 nitrogen and oxygen atoms in total. The van der Waals surface area contributed by atoms with Gasteiger partial charge in [0.25, 0.3) is 0 Å². The maximum Gasteiger partial charge on any atom is 0.146 e. The predicted octanol–water partition coefficient (Wildman–Crippen LogP) is 2.99. The lowest BCUT2D eigenvalue weighted by atomic mass is 10.1. The highest BCUT2D eigenvalue weighted by atomic mass is 32.1. The van der Waals surface area contributed by atoms with Crippen LogP contribution in [0.4, 0.5) is 0 Å². The van der Waals surface area contributed by atoms with E-state index >= 15 is 0 Å². The molecule has 1 saturated heterocycles. The zero-order valence-electron chi connectivity index (χ0n) is 10.6. The van der Waals surface area contributed by atoms with Crippen LogP contribution >= 0.6 is 11.3 Å². The summed E-state index contributed by atoms with van der Waals surface area (Å²) in [5, 5.41) is 4.54. The number of fused-ring (bicyclic) bond motifs is 1. The summed E-state index contributed by atoms with van der Waals surface area (Å²) in [5.41, 5.74) is 1.04. The summed E-state index contributed by atoms with van der Waals surface area (Å²) in [5.74, 6) is 0.954. The number of thiazole rings is 1. The number of aryl methyl sites for hydroxylation is 1. The van der Waals surface area contributed by atoms with Gasteiger partial charge >= 0.3 is 0 Å². The molecule has 0 bridgehead atoms. The molecule has 1 N–H and O–H groups in total. The molecule has 1 aliphatic rings. The van der Waals surface area contributed by atoms with Gasteiger partial charge in [-0.25, -0.2) is 4.98 Å². The van der Waals surface area contributed by atoms with Crippen molar-refractivity contribution >= 4 is 21.6 Å². The van der Waals surface area contributed by atoms with Crippen LogP contribution in [0.5, 0.6) is 5.75 Å². The number of hydrogen-bond acceptors (Lipinski definition) is 4. The van der Waals surface area contributed by atoms with E-state index in [0.717, 1.165) is 43.6 Å². The van der Waals surface area contributed by atoms with Gasteiger partial charge in [0.05, 0.1) is 9.71 Å². The first kappa shape index (κ1) is 11.9. The number of benzene rings is 1. The van der Waals surface area contributed by atoms with Crippen LogP contribution in [-0.4, -0.2) is 24.2 Å². The van der Waals surface area contributed by atoms with Crippen LogP contribution in [0.3, 0.4) is 0 Å². The Morgan fingerprint density at radius 1 is 1.39 bits per heavy atom. The Hall–Kier alpha value is -1.13. The second-order valence-corrected chi connectivity index (χ2v) is 5.75. The molecule has 1 fully saturated rings. The molecule has 0 amide bonds. The third kappa shape index (κ3) is 2.35. The van der Waals surface area contributed by atoms with Crippen molar-refractivity contribution in [3.8, 4) is 5.75 Å². The fourth-order valence-electron chi connectivity index (χ4n) is 2.31.